The van der Waals surface area contributed by atoms with Crippen LogP contribution in [0.2, 0.25) is 0 Å². The Balaban J connectivity index is 2.18. The minimum Gasteiger partial charge on any atom is -0.207 e. The van der Waals surface area contributed by atoms with Gasteiger partial charge < -0.3 is 0 Å². The molecule has 0 aromatic heterocycles. The van der Waals surface area contributed by atoms with Gasteiger partial charge in [0.05, 0.1) is 0 Å². The summed E-state index contributed by atoms with van der Waals surface area (Å²) in [6, 6.07) is 2.49. The van der Waals surface area contributed by atoms with Crippen LogP contribution in [0.25, 0.3) is 0 Å². The molecule has 0 atom stereocenters. The maximum absolute atomic E-state index is 13.6. The molecular weight excluding hydrogens is 284 g/mol. The maximum atomic E-state index is 13.6. The monoisotopic (exact) mass is 303 g/mol. The molecule has 1 saturated carbocycles. The fourth-order valence-corrected chi connectivity index (χ4v) is 3.99. The first-order valence-electron chi connectivity index (χ1n) is 6.82. The number of halogens is 2. The zero-order valence-electron chi connectivity index (χ0n) is 11.5. The molecule has 0 unspecified atom stereocenters. The molecule has 3 nitrogen and oxygen atoms in total. The highest BCUT2D eigenvalue weighted by molar-refractivity contribution is 7.89. The molecule has 0 spiro atoms. The highest BCUT2D eigenvalue weighted by atomic mass is 32.2. The number of nitrogens with zero attached hydrogens (tertiary/aromatic N) is 1. The van der Waals surface area contributed by atoms with E-state index in [2.05, 4.69) is 0 Å². The highest BCUT2D eigenvalue weighted by Gasteiger charge is 2.27. The van der Waals surface area contributed by atoms with Crippen molar-refractivity contribution < 1.29 is 17.2 Å². The van der Waals surface area contributed by atoms with Crippen LogP contribution in [0.1, 0.15) is 32.1 Å². The summed E-state index contributed by atoms with van der Waals surface area (Å²) >= 11 is 0. The highest BCUT2D eigenvalue weighted by Crippen LogP contribution is 2.26. The van der Waals surface area contributed by atoms with E-state index in [1.54, 1.807) is 0 Å². The van der Waals surface area contributed by atoms with Crippen LogP contribution in [0.3, 0.4) is 0 Å². The lowest BCUT2D eigenvalue weighted by Crippen LogP contribution is -2.33. The van der Waals surface area contributed by atoms with Crippen molar-refractivity contribution in [2.45, 2.75) is 37.0 Å². The van der Waals surface area contributed by atoms with Gasteiger partial charge in [0.1, 0.15) is 16.5 Å². The molecule has 0 saturated heterocycles. The smallest absolute Gasteiger partial charge is 0.207 e. The molecular formula is C14H19F2NO2S. The lowest BCUT2D eigenvalue weighted by molar-refractivity contribution is 0.299. The van der Waals surface area contributed by atoms with Crippen LogP contribution < -0.4 is 0 Å². The molecule has 0 heterocycles. The van der Waals surface area contributed by atoms with Gasteiger partial charge in [0.15, 0.2) is 0 Å². The van der Waals surface area contributed by atoms with Crippen molar-refractivity contribution in [2.24, 2.45) is 5.92 Å². The lowest BCUT2D eigenvalue weighted by Gasteiger charge is -2.26. The number of benzene rings is 1. The average molecular weight is 303 g/mol. The molecule has 112 valence electrons. The van der Waals surface area contributed by atoms with Crippen molar-refractivity contribution in [1.82, 2.24) is 4.31 Å². The summed E-state index contributed by atoms with van der Waals surface area (Å²) in [7, 11) is -2.55. The van der Waals surface area contributed by atoms with Gasteiger partial charge in [-0.3, -0.25) is 0 Å². The first-order valence-corrected chi connectivity index (χ1v) is 8.26. The summed E-state index contributed by atoms with van der Waals surface area (Å²) in [5.41, 5.74) is 0. The summed E-state index contributed by atoms with van der Waals surface area (Å²) < 4.78 is 52.5. The van der Waals surface area contributed by atoms with Crippen LogP contribution in [-0.2, 0) is 10.0 Å². The van der Waals surface area contributed by atoms with Gasteiger partial charge in [-0.15, -0.1) is 0 Å². The van der Waals surface area contributed by atoms with E-state index in [1.165, 1.54) is 13.5 Å². The molecule has 0 bridgehead atoms. The van der Waals surface area contributed by atoms with Crippen molar-refractivity contribution in [1.29, 1.82) is 0 Å². The predicted molar refractivity (Wildman–Crippen MR) is 72.7 cm³/mol. The SMILES string of the molecule is CN(CC1CCCCC1)S(=O)(=O)c1cc(F)ccc1F. The van der Waals surface area contributed by atoms with Crippen LogP contribution in [-0.4, -0.2) is 26.3 Å². The third-order valence-corrected chi connectivity index (χ3v) is 5.66. The van der Waals surface area contributed by atoms with Crippen molar-refractivity contribution in [3.63, 3.8) is 0 Å². The molecule has 1 aromatic carbocycles. The topological polar surface area (TPSA) is 37.4 Å². The molecule has 6 heteroatoms. The number of hydrogen-bond donors (Lipinski definition) is 0. The third kappa shape index (κ3) is 3.35. The molecule has 20 heavy (non-hydrogen) atoms. The van der Waals surface area contributed by atoms with Gasteiger partial charge in [-0.25, -0.2) is 21.5 Å². The predicted octanol–water partition coefficient (Wildman–Crippen LogP) is 3.17. The van der Waals surface area contributed by atoms with Crippen molar-refractivity contribution in [3.05, 3.63) is 29.8 Å². The Labute approximate surface area is 118 Å². The van der Waals surface area contributed by atoms with Crippen LogP contribution in [0.5, 0.6) is 0 Å². The van der Waals surface area contributed by atoms with Crippen LogP contribution in [0, 0.1) is 17.6 Å². The van der Waals surface area contributed by atoms with Gasteiger partial charge in [-0.2, -0.15) is 0 Å². The van der Waals surface area contributed by atoms with Crippen LogP contribution in [0.15, 0.2) is 23.1 Å². The number of hydrogen-bond acceptors (Lipinski definition) is 2. The summed E-state index contributed by atoms with van der Waals surface area (Å²) in [4.78, 5) is -0.587. The average Bonchev–Trinajstić information content (AvgIpc) is 2.42. The largest absolute Gasteiger partial charge is 0.245 e. The van der Waals surface area contributed by atoms with Crippen LogP contribution in [0.4, 0.5) is 8.78 Å². The van der Waals surface area contributed by atoms with Gasteiger partial charge in [0.2, 0.25) is 10.0 Å². The quantitative estimate of drug-likeness (QED) is 0.857. The van der Waals surface area contributed by atoms with E-state index in [9.17, 15) is 17.2 Å². The summed E-state index contributed by atoms with van der Waals surface area (Å²) in [5, 5.41) is 0. The van der Waals surface area contributed by atoms with E-state index < -0.39 is 26.6 Å². The van der Waals surface area contributed by atoms with Crippen LogP contribution >= 0.6 is 0 Å². The van der Waals surface area contributed by atoms with Gasteiger partial charge in [-0.1, -0.05) is 19.3 Å². The Morgan fingerprint density at radius 2 is 1.85 bits per heavy atom. The Morgan fingerprint density at radius 3 is 2.50 bits per heavy atom. The first-order chi connectivity index (χ1) is 9.41. The van der Waals surface area contributed by atoms with Gasteiger partial charge >= 0.3 is 0 Å². The Kier molecular flexibility index (Phi) is 4.75. The molecule has 0 aliphatic heterocycles. The van der Waals surface area contributed by atoms with E-state index in [1.807, 2.05) is 0 Å². The molecule has 0 N–H and O–H groups in total. The Bertz CT molecular complexity index is 569. The molecule has 1 aromatic rings. The molecule has 0 amide bonds. The van der Waals surface area contributed by atoms with E-state index in [0.29, 0.717) is 12.5 Å². The lowest BCUT2D eigenvalue weighted by atomic mass is 9.89. The van der Waals surface area contributed by atoms with E-state index in [4.69, 9.17) is 0 Å². The Morgan fingerprint density at radius 1 is 1.20 bits per heavy atom. The summed E-state index contributed by atoms with van der Waals surface area (Å²) in [6.07, 6.45) is 5.38. The summed E-state index contributed by atoms with van der Waals surface area (Å²) in [6.45, 7) is 0.359. The standard InChI is InChI=1S/C14H19F2NO2S/c1-17(10-11-5-3-2-4-6-11)20(18,19)14-9-12(15)7-8-13(14)16/h7-9,11H,2-6,10H2,1H3. The molecule has 2 rings (SSSR count). The first kappa shape index (κ1) is 15.4. The maximum Gasteiger partial charge on any atom is 0.245 e. The van der Waals surface area contributed by atoms with E-state index in [0.717, 1.165) is 48.2 Å². The zero-order valence-corrected chi connectivity index (χ0v) is 12.3. The normalized spacial score (nSPS) is 17.6. The van der Waals surface area contributed by atoms with Gasteiger partial charge in [-0.05, 0) is 37.0 Å². The minimum absolute atomic E-state index is 0.306. The van der Waals surface area contributed by atoms with Crippen molar-refractivity contribution >= 4 is 10.0 Å². The minimum atomic E-state index is -3.97. The van der Waals surface area contributed by atoms with Crippen molar-refractivity contribution in [3.8, 4) is 0 Å². The molecule has 1 aliphatic carbocycles. The third-order valence-electron chi connectivity index (χ3n) is 3.82. The van der Waals surface area contributed by atoms with Crippen molar-refractivity contribution in [2.75, 3.05) is 13.6 Å². The molecule has 0 radical (unpaired) electrons. The fraction of sp³-hybridized carbons (Fsp3) is 0.571. The number of sulfonamides is 1. The number of rotatable bonds is 4. The second-order valence-corrected chi connectivity index (χ2v) is 7.38. The second-order valence-electron chi connectivity index (χ2n) is 5.36. The van der Waals surface area contributed by atoms with E-state index >= 15 is 0 Å². The fourth-order valence-electron chi connectivity index (χ4n) is 2.67. The molecule has 1 aliphatic rings. The second kappa shape index (κ2) is 6.18. The van der Waals surface area contributed by atoms with E-state index in [-0.39, 0.29) is 0 Å². The zero-order chi connectivity index (χ0) is 14.8. The molecule has 1 fully saturated rings. The Hall–Kier alpha value is -1.01. The summed E-state index contributed by atoms with van der Waals surface area (Å²) in [5.74, 6) is -1.36. The van der Waals surface area contributed by atoms with Gasteiger partial charge in [0, 0.05) is 13.6 Å². The van der Waals surface area contributed by atoms with Gasteiger partial charge in [0.25, 0.3) is 0 Å².